The van der Waals surface area contributed by atoms with Gasteiger partial charge in [-0.2, -0.15) is 0 Å². The molecule has 62 valence electrons. The lowest BCUT2D eigenvalue weighted by Gasteiger charge is -1.77. The van der Waals surface area contributed by atoms with Crippen LogP contribution in [0.15, 0.2) is 15.0 Å². The van der Waals surface area contributed by atoms with E-state index in [0.717, 1.165) is 4.47 Å². The molecule has 5 heteroatoms. The third kappa shape index (κ3) is 2.53. The molecule has 0 spiro atoms. The minimum absolute atomic E-state index is 0.341. The molecule has 0 saturated carbocycles. The van der Waals surface area contributed by atoms with Crippen molar-refractivity contribution < 1.29 is 14.3 Å². The summed E-state index contributed by atoms with van der Waals surface area (Å²) >= 11 is 5.18. The Morgan fingerprint density at radius 3 is 2.83 bits per heavy atom. The lowest BCUT2D eigenvalue weighted by atomic mass is 10.4. The molecule has 0 saturated heterocycles. The van der Waals surface area contributed by atoms with E-state index in [4.69, 9.17) is 9.52 Å². The molecule has 0 aliphatic heterocycles. The summed E-state index contributed by atoms with van der Waals surface area (Å²) in [5.41, 5.74) is 0. The summed E-state index contributed by atoms with van der Waals surface area (Å²) in [4.78, 5) is 10.0. The maximum Gasteiger partial charge on any atom is 0.382 e. The molecule has 0 radical (unpaired) electrons. The molecule has 1 aromatic rings. The van der Waals surface area contributed by atoms with E-state index >= 15 is 0 Å². The van der Waals surface area contributed by atoms with Crippen LogP contribution in [0.5, 0.6) is 0 Å². The van der Waals surface area contributed by atoms with Crippen LogP contribution in [0, 0.1) is 15.6 Å². The monoisotopic (exact) mass is 340 g/mol. The Kier molecular flexibility index (Phi) is 3.17. The maximum atomic E-state index is 10.0. The first-order chi connectivity index (χ1) is 5.59. The number of aliphatic carboxylic acids is 1. The highest BCUT2D eigenvalue weighted by atomic mass is 127. The second-order valence-electron chi connectivity index (χ2n) is 1.79. The SMILES string of the molecule is O=C(O)C#Cc1cc(Br)c(I)o1. The lowest BCUT2D eigenvalue weighted by Crippen LogP contribution is -1.86. The summed E-state index contributed by atoms with van der Waals surface area (Å²) < 4.78 is 6.50. The molecular weight excluding hydrogens is 339 g/mol. The van der Waals surface area contributed by atoms with Crippen molar-refractivity contribution in [2.75, 3.05) is 0 Å². The number of furan rings is 1. The molecule has 1 heterocycles. The molecule has 1 aromatic heterocycles. The van der Waals surface area contributed by atoms with Crippen molar-refractivity contribution in [3.8, 4) is 11.8 Å². The van der Waals surface area contributed by atoms with Gasteiger partial charge in [-0.15, -0.1) is 0 Å². The van der Waals surface area contributed by atoms with Crippen molar-refractivity contribution >= 4 is 44.5 Å². The third-order valence-corrected chi connectivity index (χ3v) is 3.07. The quantitative estimate of drug-likeness (QED) is 0.581. The Balaban J connectivity index is 2.93. The van der Waals surface area contributed by atoms with Gasteiger partial charge >= 0.3 is 5.97 Å². The fourth-order valence-electron chi connectivity index (χ4n) is 0.523. The van der Waals surface area contributed by atoms with E-state index < -0.39 is 5.97 Å². The normalized spacial score (nSPS) is 8.83. The zero-order chi connectivity index (χ0) is 9.14. The average Bonchev–Trinajstić information content (AvgIpc) is 2.28. The largest absolute Gasteiger partial charge is 0.472 e. The molecule has 0 atom stereocenters. The number of carboxylic acid groups (broad SMARTS) is 1. The van der Waals surface area contributed by atoms with E-state index in [2.05, 4.69) is 21.9 Å². The molecule has 1 rings (SSSR count). The Morgan fingerprint density at radius 2 is 2.42 bits per heavy atom. The zero-order valence-corrected chi connectivity index (χ0v) is 9.34. The van der Waals surface area contributed by atoms with Crippen LogP contribution in [-0.2, 0) is 4.79 Å². The number of halogens is 2. The van der Waals surface area contributed by atoms with Gasteiger partial charge < -0.3 is 9.52 Å². The van der Waals surface area contributed by atoms with Crippen molar-refractivity contribution in [1.29, 1.82) is 0 Å². The van der Waals surface area contributed by atoms with Crippen LogP contribution in [0.25, 0.3) is 0 Å². The fraction of sp³-hybridized carbons (Fsp3) is 0. The molecular formula is C7H2BrIO3. The van der Waals surface area contributed by atoms with Crippen LogP contribution in [0.1, 0.15) is 5.76 Å². The molecule has 1 N–H and O–H groups in total. The molecule has 0 aliphatic carbocycles. The van der Waals surface area contributed by atoms with Gasteiger partial charge in [0.15, 0.2) is 9.53 Å². The fourth-order valence-corrected chi connectivity index (χ4v) is 1.21. The molecule has 0 bridgehead atoms. The van der Waals surface area contributed by atoms with E-state index in [0.29, 0.717) is 9.53 Å². The van der Waals surface area contributed by atoms with E-state index in [1.165, 1.54) is 0 Å². The Bertz CT molecular complexity index is 352. The minimum Gasteiger partial charge on any atom is -0.472 e. The highest BCUT2D eigenvalue weighted by Gasteiger charge is 2.02. The van der Waals surface area contributed by atoms with Crippen LogP contribution >= 0.6 is 38.5 Å². The second kappa shape index (κ2) is 3.96. The van der Waals surface area contributed by atoms with E-state index in [-0.39, 0.29) is 0 Å². The van der Waals surface area contributed by atoms with Gasteiger partial charge in [0.25, 0.3) is 0 Å². The lowest BCUT2D eigenvalue weighted by molar-refractivity contribution is -0.130. The zero-order valence-electron chi connectivity index (χ0n) is 5.60. The molecule has 0 amide bonds. The third-order valence-electron chi connectivity index (χ3n) is 0.938. The summed E-state index contributed by atoms with van der Waals surface area (Å²) in [6, 6.07) is 1.62. The molecule has 12 heavy (non-hydrogen) atoms. The number of carbonyl (C=O) groups is 1. The predicted molar refractivity (Wildman–Crippen MR) is 53.6 cm³/mol. The molecule has 3 nitrogen and oxygen atoms in total. The maximum absolute atomic E-state index is 10.0. The smallest absolute Gasteiger partial charge is 0.382 e. The van der Waals surface area contributed by atoms with Crippen LogP contribution in [0.4, 0.5) is 0 Å². The second-order valence-corrected chi connectivity index (χ2v) is 3.62. The van der Waals surface area contributed by atoms with Gasteiger partial charge in [0.1, 0.15) is 0 Å². The Labute approximate surface area is 90.4 Å². The summed E-state index contributed by atoms with van der Waals surface area (Å²) in [6.45, 7) is 0. The Hall–Kier alpha value is -0.480. The first kappa shape index (κ1) is 9.61. The van der Waals surface area contributed by atoms with Crippen molar-refractivity contribution in [3.63, 3.8) is 0 Å². The Morgan fingerprint density at radius 1 is 1.75 bits per heavy atom. The standard InChI is InChI=1S/C7H2BrIO3/c8-5-3-4(12-7(5)9)1-2-6(10)11/h3H,(H,10,11). The highest BCUT2D eigenvalue weighted by Crippen LogP contribution is 2.22. The van der Waals surface area contributed by atoms with E-state index in [1.54, 1.807) is 6.07 Å². The highest BCUT2D eigenvalue weighted by molar-refractivity contribution is 14.1. The van der Waals surface area contributed by atoms with Crippen LogP contribution < -0.4 is 0 Å². The average molecular weight is 341 g/mol. The van der Waals surface area contributed by atoms with Gasteiger partial charge in [-0.1, -0.05) is 0 Å². The van der Waals surface area contributed by atoms with Gasteiger partial charge in [0.05, 0.1) is 4.47 Å². The number of rotatable bonds is 0. The summed E-state index contributed by atoms with van der Waals surface area (Å²) in [5, 5.41) is 8.22. The summed E-state index contributed by atoms with van der Waals surface area (Å²) in [5.74, 6) is 3.48. The van der Waals surface area contributed by atoms with Gasteiger partial charge in [-0.3, -0.25) is 0 Å². The van der Waals surface area contributed by atoms with Gasteiger partial charge in [0, 0.05) is 34.6 Å². The predicted octanol–water partition coefficient (Wildman–Crippen LogP) is 2.08. The van der Waals surface area contributed by atoms with Crippen molar-refractivity contribution in [3.05, 3.63) is 20.1 Å². The molecule has 0 unspecified atom stereocenters. The van der Waals surface area contributed by atoms with Crippen molar-refractivity contribution in [2.45, 2.75) is 0 Å². The van der Waals surface area contributed by atoms with Crippen molar-refractivity contribution in [1.82, 2.24) is 0 Å². The molecule has 0 aromatic carbocycles. The molecule has 0 fully saturated rings. The number of hydrogen-bond donors (Lipinski definition) is 1. The minimum atomic E-state index is -1.17. The van der Waals surface area contributed by atoms with E-state index in [1.807, 2.05) is 28.5 Å². The topological polar surface area (TPSA) is 50.4 Å². The van der Waals surface area contributed by atoms with Crippen LogP contribution in [0.2, 0.25) is 0 Å². The first-order valence-electron chi connectivity index (χ1n) is 2.79. The van der Waals surface area contributed by atoms with Crippen LogP contribution in [-0.4, -0.2) is 11.1 Å². The van der Waals surface area contributed by atoms with E-state index in [9.17, 15) is 4.79 Å². The van der Waals surface area contributed by atoms with Crippen LogP contribution in [0.3, 0.4) is 0 Å². The summed E-state index contributed by atoms with van der Waals surface area (Å²) in [7, 11) is 0. The van der Waals surface area contributed by atoms with Gasteiger partial charge in [-0.05, 0) is 21.9 Å². The first-order valence-corrected chi connectivity index (χ1v) is 4.66. The van der Waals surface area contributed by atoms with Crippen molar-refractivity contribution in [2.24, 2.45) is 0 Å². The summed E-state index contributed by atoms with van der Waals surface area (Å²) in [6.07, 6.45) is 0. The number of hydrogen-bond acceptors (Lipinski definition) is 2. The van der Waals surface area contributed by atoms with Gasteiger partial charge in [-0.25, -0.2) is 4.79 Å². The van der Waals surface area contributed by atoms with Gasteiger partial charge in [0.2, 0.25) is 0 Å². The molecule has 0 aliphatic rings. The number of carboxylic acids is 1.